The summed E-state index contributed by atoms with van der Waals surface area (Å²) in [6.45, 7) is 2.90. The van der Waals surface area contributed by atoms with Crippen LogP contribution in [0.2, 0.25) is 0 Å². The van der Waals surface area contributed by atoms with Crippen LogP contribution in [0.1, 0.15) is 10.7 Å². The van der Waals surface area contributed by atoms with Crippen molar-refractivity contribution in [1.29, 1.82) is 0 Å². The number of hydrogen-bond acceptors (Lipinski definition) is 8. The van der Waals surface area contributed by atoms with Gasteiger partial charge < -0.3 is 4.90 Å². The van der Waals surface area contributed by atoms with Crippen LogP contribution in [0.4, 0.5) is 0 Å². The molecule has 2 N–H and O–H groups in total. The van der Waals surface area contributed by atoms with Gasteiger partial charge in [-0.15, -0.1) is 27.1 Å². The van der Waals surface area contributed by atoms with Crippen LogP contribution < -0.4 is 11.1 Å². The highest BCUT2D eigenvalue weighted by molar-refractivity contribution is 7.09. The van der Waals surface area contributed by atoms with E-state index in [0.29, 0.717) is 0 Å². The number of aryl methyl sites for hydroxylation is 1. The highest BCUT2D eigenvalue weighted by Gasteiger charge is 2.19. The van der Waals surface area contributed by atoms with Gasteiger partial charge in [0.05, 0.1) is 5.01 Å². The molecule has 0 saturated heterocycles. The summed E-state index contributed by atoms with van der Waals surface area (Å²) in [6, 6.07) is 0. The van der Waals surface area contributed by atoms with Gasteiger partial charge in [0.15, 0.2) is 11.7 Å². The van der Waals surface area contributed by atoms with E-state index in [0.717, 1.165) is 35.3 Å². The number of nitrogens with zero attached hydrogens (tertiary/aromatic N) is 5. The van der Waals surface area contributed by atoms with Crippen LogP contribution in [0.5, 0.6) is 0 Å². The highest BCUT2D eigenvalue weighted by Crippen LogP contribution is 2.11. The molecule has 0 atom stereocenters. The van der Waals surface area contributed by atoms with Crippen LogP contribution in [0.25, 0.3) is 0 Å². The molecule has 0 unspecified atom stereocenters. The van der Waals surface area contributed by atoms with E-state index in [-0.39, 0.29) is 0 Å². The largest absolute Gasteiger partial charge is 0.358 e. The van der Waals surface area contributed by atoms with Crippen molar-refractivity contribution in [3.63, 3.8) is 0 Å². The van der Waals surface area contributed by atoms with Crippen molar-refractivity contribution >= 4 is 23.0 Å². The topological polar surface area (TPSA) is 68.2 Å². The predicted molar refractivity (Wildman–Crippen MR) is 75.3 cm³/mol. The maximum absolute atomic E-state index is 4.46. The van der Waals surface area contributed by atoms with Crippen molar-refractivity contribution in [1.82, 2.24) is 26.1 Å². The molecule has 2 aliphatic heterocycles. The van der Waals surface area contributed by atoms with E-state index >= 15 is 0 Å². The molecule has 0 spiro atoms. The van der Waals surface area contributed by atoms with Crippen LogP contribution in [0, 0.1) is 6.92 Å². The minimum atomic E-state index is 0.757. The van der Waals surface area contributed by atoms with Crippen LogP contribution in [0.3, 0.4) is 0 Å². The molecule has 7 nitrogen and oxygen atoms in total. The van der Waals surface area contributed by atoms with Crippen LogP contribution in [-0.4, -0.2) is 40.3 Å². The summed E-state index contributed by atoms with van der Waals surface area (Å²) < 4.78 is 0. The zero-order valence-electron chi connectivity index (χ0n) is 10.8. The maximum atomic E-state index is 4.46. The van der Waals surface area contributed by atoms with Gasteiger partial charge >= 0.3 is 0 Å². The SMILES string of the molecule is Cc1csc(CCN(C)C2=NN3NNN=C3C=C2)n1. The maximum Gasteiger partial charge on any atom is 0.189 e. The second-order valence-electron chi connectivity index (χ2n) is 4.35. The molecule has 0 saturated carbocycles. The Labute approximate surface area is 115 Å². The first-order valence-electron chi connectivity index (χ1n) is 6.00. The molecule has 0 radical (unpaired) electrons. The lowest BCUT2D eigenvalue weighted by atomic mass is 10.3. The fourth-order valence-electron chi connectivity index (χ4n) is 1.80. The summed E-state index contributed by atoms with van der Waals surface area (Å²) in [5, 5.41) is 13.3. The Hall–Kier alpha value is -1.93. The lowest BCUT2D eigenvalue weighted by molar-refractivity contribution is 0.301. The molecular formula is C11H15N7S. The quantitative estimate of drug-likeness (QED) is 0.839. The van der Waals surface area contributed by atoms with Crippen molar-refractivity contribution in [2.45, 2.75) is 13.3 Å². The number of hydrazone groups is 2. The molecule has 1 aromatic rings. The van der Waals surface area contributed by atoms with Crippen LogP contribution in [-0.2, 0) is 6.42 Å². The molecule has 3 rings (SSSR count). The van der Waals surface area contributed by atoms with E-state index in [9.17, 15) is 0 Å². The number of thiazole rings is 1. The average Bonchev–Trinajstić information content (AvgIpc) is 3.03. The molecule has 0 aromatic carbocycles. The molecule has 19 heavy (non-hydrogen) atoms. The predicted octanol–water partition coefficient (Wildman–Crippen LogP) is 0.447. The van der Waals surface area contributed by atoms with Gasteiger partial charge in [-0.2, -0.15) is 5.12 Å². The third-order valence-electron chi connectivity index (χ3n) is 2.85. The second kappa shape index (κ2) is 4.98. The molecule has 1 aromatic heterocycles. The van der Waals surface area contributed by atoms with Gasteiger partial charge in [-0.1, -0.05) is 0 Å². The lowest BCUT2D eigenvalue weighted by Gasteiger charge is -2.23. The van der Waals surface area contributed by atoms with Gasteiger partial charge in [0, 0.05) is 31.1 Å². The first kappa shape index (κ1) is 12.1. The minimum absolute atomic E-state index is 0.757. The normalized spacial score (nSPS) is 16.8. The van der Waals surface area contributed by atoms with Gasteiger partial charge in [-0.25, -0.2) is 10.5 Å². The first-order chi connectivity index (χ1) is 9.22. The van der Waals surface area contributed by atoms with E-state index in [2.05, 4.69) is 36.5 Å². The van der Waals surface area contributed by atoms with E-state index in [1.807, 2.05) is 26.1 Å². The Bertz CT molecular complexity index is 559. The summed E-state index contributed by atoms with van der Waals surface area (Å²) in [4.78, 5) is 6.56. The summed E-state index contributed by atoms with van der Waals surface area (Å²) in [5.74, 6) is 1.65. The Morgan fingerprint density at radius 3 is 3.11 bits per heavy atom. The number of aromatic nitrogens is 1. The summed E-state index contributed by atoms with van der Waals surface area (Å²) in [6.07, 6.45) is 4.80. The van der Waals surface area contributed by atoms with E-state index in [1.54, 1.807) is 16.5 Å². The third-order valence-corrected chi connectivity index (χ3v) is 3.87. The molecular weight excluding hydrogens is 262 g/mol. The number of hydrazine groups is 2. The Kier molecular flexibility index (Phi) is 3.18. The number of fused-ring (bicyclic) bond motifs is 1. The molecule has 100 valence electrons. The van der Waals surface area contributed by atoms with Gasteiger partial charge in [0.2, 0.25) is 0 Å². The van der Waals surface area contributed by atoms with Gasteiger partial charge in [0.1, 0.15) is 0 Å². The number of hydrogen-bond donors (Lipinski definition) is 2. The zero-order valence-corrected chi connectivity index (χ0v) is 11.6. The summed E-state index contributed by atoms with van der Waals surface area (Å²) in [7, 11) is 2.02. The Morgan fingerprint density at radius 2 is 2.32 bits per heavy atom. The van der Waals surface area contributed by atoms with E-state index in [1.165, 1.54) is 0 Å². The van der Waals surface area contributed by atoms with Gasteiger partial charge in [0.25, 0.3) is 0 Å². The van der Waals surface area contributed by atoms with Crippen LogP contribution in [0.15, 0.2) is 27.7 Å². The van der Waals surface area contributed by atoms with Crippen LogP contribution >= 0.6 is 11.3 Å². The molecule has 0 bridgehead atoms. The van der Waals surface area contributed by atoms with Gasteiger partial charge in [-0.05, 0) is 19.1 Å². The molecule has 0 aliphatic carbocycles. The second-order valence-corrected chi connectivity index (χ2v) is 5.29. The number of rotatable bonds is 3. The van der Waals surface area contributed by atoms with Crippen molar-refractivity contribution in [2.75, 3.05) is 13.6 Å². The smallest absolute Gasteiger partial charge is 0.189 e. The molecule has 8 heteroatoms. The summed E-state index contributed by atoms with van der Waals surface area (Å²) >= 11 is 1.71. The van der Waals surface area contributed by atoms with E-state index < -0.39 is 0 Å². The molecule has 2 aliphatic rings. The Morgan fingerprint density at radius 1 is 1.42 bits per heavy atom. The molecule has 0 amide bonds. The summed E-state index contributed by atoms with van der Waals surface area (Å²) in [5.41, 5.74) is 6.58. The van der Waals surface area contributed by atoms with Crippen molar-refractivity contribution in [2.24, 2.45) is 10.2 Å². The monoisotopic (exact) mass is 277 g/mol. The lowest BCUT2D eigenvalue weighted by Crippen LogP contribution is -2.41. The highest BCUT2D eigenvalue weighted by atomic mass is 32.1. The Balaban J connectivity index is 1.60. The zero-order chi connectivity index (χ0) is 13.2. The number of likely N-dealkylation sites (N-methyl/N-ethyl adjacent to an activating group) is 1. The van der Waals surface area contributed by atoms with Crippen molar-refractivity contribution < 1.29 is 0 Å². The average molecular weight is 277 g/mol. The standard InChI is InChI=1S/C11H15N7S/c1-8-7-19-11(12-8)5-6-17(2)10-4-3-9-13-15-16-18(9)14-10/h3-4,7,15-16H,5-6H2,1-2H3. The van der Waals surface area contributed by atoms with E-state index in [4.69, 9.17) is 0 Å². The van der Waals surface area contributed by atoms with Crippen molar-refractivity contribution in [3.8, 4) is 0 Å². The third kappa shape index (κ3) is 2.59. The molecule has 0 fully saturated rings. The van der Waals surface area contributed by atoms with Gasteiger partial charge in [-0.3, -0.25) is 0 Å². The molecule has 3 heterocycles. The van der Waals surface area contributed by atoms with Crippen molar-refractivity contribution in [3.05, 3.63) is 28.2 Å². The fraction of sp³-hybridized carbons (Fsp3) is 0.364. The number of nitrogens with one attached hydrogen (secondary N) is 2. The number of amidine groups is 2. The minimum Gasteiger partial charge on any atom is -0.358 e. The fourth-order valence-corrected chi connectivity index (χ4v) is 2.57. The first-order valence-corrected chi connectivity index (χ1v) is 6.87.